The van der Waals surface area contributed by atoms with Gasteiger partial charge in [0.25, 0.3) is 5.56 Å². The summed E-state index contributed by atoms with van der Waals surface area (Å²) in [6.07, 6.45) is 8.78. The Balaban J connectivity index is 1.54. The second-order valence-corrected chi connectivity index (χ2v) is 7.96. The topological polar surface area (TPSA) is 61.5 Å². The van der Waals surface area contributed by atoms with Crippen molar-refractivity contribution < 1.29 is 9.64 Å². The third kappa shape index (κ3) is 2.77. The predicted octanol–water partition coefficient (Wildman–Crippen LogP) is 0.486. The second kappa shape index (κ2) is 6.59. The minimum absolute atomic E-state index is 0.129. The molecule has 2 bridgehead atoms. The van der Waals surface area contributed by atoms with Gasteiger partial charge in [-0.1, -0.05) is 0 Å². The van der Waals surface area contributed by atoms with Crippen LogP contribution in [0, 0.1) is 5.92 Å². The van der Waals surface area contributed by atoms with Crippen LogP contribution in [0.2, 0.25) is 0 Å². The number of piperidine rings is 1. The van der Waals surface area contributed by atoms with E-state index >= 15 is 0 Å². The zero-order valence-electron chi connectivity index (χ0n) is 14.9. The van der Waals surface area contributed by atoms with Crippen LogP contribution in [0.25, 0.3) is 11.1 Å². The van der Waals surface area contributed by atoms with Crippen molar-refractivity contribution in [2.75, 3.05) is 26.3 Å². The van der Waals surface area contributed by atoms with Crippen molar-refractivity contribution in [3.63, 3.8) is 0 Å². The molecule has 2 saturated heterocycles. The maximum atomic E-state index is 12.6. The number of hydrogen-bond acceptors (Lipinski definition) is 4. The smallest absolute Gasteiger partial charge is 0.250 e. The highest BCUT2D eigenvalue weighted by atomic mass is 16.5. The molecular weight excluding hydrogens is 328 g/mol. The molecule has 3 atom stereocenters. The van der Waals surface area contributed by atoms with Gasteiger partial charge in [-0.3, -0.25) is 4.79 Å². The van der Waals surface area contributed by atoms with E-state index < -0.39 is 0 Å². The van der Waals surface area contributed by atoms with Crippen molar-refractivity contribution in [3.8, 4) is 11.1 Å². The number of aromatic nitrogens is 3. The van der Waals surface area contributed by atoms with Gasteiger partial charge in [0.05, 0.1) is 32.3 Å². The average molecular weight is 353 g/mol. The summed E-state index contributed by atoms with van der Waals surface area (Å²) in [7, 11) is 0. The molecule has 6 nitrogen and oxygen atoms in total. The Hall–Kier alpha value is -2.05. The summed E-state index contributed by atoms with van der Waals surface area (Å²) in [5.41, 5.74) is 3.47. The number of likely N-dealkylation sites (tertiary alicyclic amines) is 1. The summed E-state index contributed by atoms with van der Waals surface area (Å²) < 4.78 is 7.59. The lowest BCUT2D eigenvalue weighted by Gasteiger charge is -2.44. The van der Waals surface area contributed by atoms with Crippen molar-refractivity contribution >= 4 is 0 Å². The van der Waals surface area contributed by atoms with Crippen molar-refractivity contribution in [2.24, 2.45) is 5.92 Å². The fraction of sp³-hybridized carbons (Fsp3) is 0.550. The Kier molecular flexibility index (Phi) is 4.10. The second-order valence-electron chi connectivity index (χ2n) is 7.96. The van der Waals surface area contributed by atoms with Gasteiger partial charge in [0.1, 0.15) is 6.33 Å². The summed E-state index contributed by atoms with van der Waals surface area (Å²) in [6.45, 7) is 4.94. The van der Waals surface area contributed by atoms with Crippen LogP contribution in [0.1, 0.15) is 30.9 Å². The lowest BCUT2D eigenvalue weighted by atomic mass is 9.80. The standard InChI is InChI=1S/C20H24N4O2/c25-19-2-1-18(16-8-21-13-22-9-16)20-15-7-14(11-24(19)20)10-23(12-15)17-3-5-26-6-4-17/h1-2,8-9,13-15,17H,3-7,10-12H2/p+1/t14-,15+/m0/s1. The Morgan fingerprint density at radius 1 is 1.12 bits per heavy atom. The minimum Gasteiger partial charge on any atom is -0.381 e. The molecule has 5 rings (SSSR count). The first-order valence-corrected chi connectivity index (χ1v) is 9.71. The van der Waals surface area contributed by atoms with E-state index in [2.05, 4.69) is 9.97 Å². The summed E-state index contributed by atoms with van der Waals surface area (Å²) >= 11 is 0. The van der Waals surface area contributed by atoms with Gasteiger partial charge >= 0.3 is 0 Å². The van der Waals surface area contributed by atoms with Crippen LogP contribution < -0.4 is 10.5 Å². The van der Waals surface area contributed by atoms with Gasteiger partial charge in [-0.25, -0.2) is 9.97 Å². The predicted molar refractivity (Wildman–Crippen MR) is 97.1 cm³/mol. The SMILES string of the molecule is O=c1ccc(-c2cncnc2)c2n1C[C@H]1C[C@@H]2C[NH+](C2CCOCC2)C1. The number of hydrogen-bond donors (Lipinski definition) is 1. The first-order valence-electron chi connectivity index (χ1n) is 9.71. The molecule has 3 aliphatic heterocycles. The van der Waals surface area contributed by atoms with Crippen LogP contribution in [-0.4, -0.2) is 46.9 Å². The first-order chi connectivity index (χ1) is 12.8. The quantitative estimate of drug-likeness (QED) is 0.853. The molecule has 2 aromatic rings. The molecule has 0 radical (unpaired) electrons. The van der Waals surface area contributed by atoms with Crippen LogP contribution >= 0.6 is 0 Å². The number of nitrogens with zero attached hydrogens (tertiary/aromatic N) is 3. The molecule has 5 heterocycles. The van der Waals surface area contributed by atoms with E-state index in [4.69, 9.17) is 4.74 Å². The molecule has 26 heavy (non-hydrogen) atoms. The highest BCUT2D eigenvalue weighted by molar-refractivity contribution is 5.65. The molecule has 3 aliphatic rings. The molecule has 0 amide bonds. The fourth-order valence-electron chi connectivity index (χ4n) is 5.29. The molecule has 1 N–H and O–H groups in total. The summed E-state index contributed by atoms with van der Waals surface area (Å²) in [6, 6.07) is 4.38. The highest BCUT2D eigenvalue weighted by Gasteiger charge is 2.41. The van der Waals surface area contributed by atoms with Crippen LogP contribution in [0.3, 0.4) is 0 Å². The zero-order valence-corrected chi connectivity index (χ0v) is 14.9. The summed E-state index contributed by atoms with van der Waals surface area (Å²) in [5, 5.41) is 0. The molecule has 136 valence electrons. The van der Waals surface area contributed by atoms with Crippen molar-refractivity contribution in [1.82, 2.24) is 14.5 Å². The Labute approximate surface area is 152 Å². The fourth-order valence-corrected chi connectivity index (χ4v) is 5.29. The molecular formula is C20H25N4O2+. The lowest BCUT2D eigenvalue weighted by Crippen LogP contribution is -3.18. The van der Waals surface area contributed by atoms with E-state index in [1.165, 1.54) is 18.7 Å². The molecule has 0 spiro atoms. The van der Waals surface area contributed by atoms with Gasteiger partial charge in [-0.15, -0.1) is 0 Å². The summed E-state index contributed by atoms with van der Waals surface area (Å²) in [5.74, 6) is 1.03. The van der Waals surface area contributed by atoms with Crippen LogP contribution in [0.4, 0.5) is 0 Å². The normalized spacial score (nSPS) is 28.5. The molecule has 1 unspecified atom stereocenters. The summed E-state index contributed by atoms with van der Waals surface area (Å²) in [4.78, 5) is 22.7. The van der Waals surface area contributed by atoms with E-state index in [0.29, 0.717) is 17.9 Å². The Bertz CT molecular complexity index is 845. The molecule has 0 aliphatic carbocycles. The van der Waals surface area contributed by atoms with E-state index in [0.717, 1.165) is 50.3 Å². The number of fused-ring (bicyclic) bond motifs is 4. The van der Waals surface area contributed by atoms with Crippen molar-refractivity contribution in [1.29, 1.82) is 0 Å². The maximum absolute atomic E-state index is 12.6. The molecule has 6 heteroatoms. The average Bonchev–Trinajstić information content (AvgIpc) is 2.70. The van der Waals surface area contributed by atoms with E-state index in [1.54, 1.807) is 17.3 Å². The van der Waals surface area contributed by atoms with Gasteiger partial charge in [0.2, 0.25) is 0 Å². The van der Waals surface area contributed by atoms with Gasteiger partial charge in [-0.05, 0) is 12.5 Å². The molecule has 0 aromatic carbocycles. The number of quaternary nitrogens is 1. The van der Waals surface area contributed by atoms with Crippen LogP contribution in [0.15, 0.2) is 35.6 Å². The van der Waals surface area contributed by atoms with Crippen LogP contribution in [0.5, 0.6) is 0 Å². The minimum atomic E-state index is 0.129. The Morgan fingerprint density at radius 3 is 2.73 bits per heavy atom. The Morgan fingerprint density at radius 2 is 1.92 bits per heavy atom. The number of ether oxygens (including phenoxy) is 1. The number of pyridine rings is 1. The van der Waals surface area contributed by atoms with Crippen molar-refractivity contribution in [2.45, 2.75) is 37.8 Å². The van der Waals surface area contributed by atoms with E-state index in [9.17, 15) is 4.79 Å². The largest absolute Gasteiger partial charge is 0.381 e. The molecule has 0 saturated carbocycles. The van der Waals surface area contributed by atoms with Gasteiger partial charge in [0, 0.05) is 66.5 Å². The lowest BCUT2D eigenvalue weighted by molar-refractivity contribution is -0.937. The number of nitrogens with one attached hydrogen (secondary N) is 1. The van der Waals surface area contributed by atoms with E-state index in [-0.39, 0.29) is 5.56 Å². The molecule has 2 fully saturated rings. The van der Waals surface area contributed by atoms with E-state index in [1.807, 2.05) is 23.0 Å². The maximum Gasteiger partial charge on any atom is 0.250 e. The number of rotatable bonds is 2. The van der Waals surface area contributed by atoms with Gasteiger partial charge < -0.3 is 14.2 Å². The first kappa shape index (κ1) is 16.1. The third-order valence-electron chi connectivity index (χ3n) is 6.40. The van der Waals surface area contributed by atoms with Gasteiger partial charge in [-0.2, -0.15) is 0 Å². The molecule has 2 aromatic heterocycles. The monoisotopic (exact) mass is 353 g/mol. The third-order valence-corrected chi connectivity index (χ3v) is 6.40. The zero-order chi connectivity index (χ0) is 17.5. The van der Waals surface area contributed by atoms with Crippen molar-refractivity contribution in [3.05, 3.63) is 46.9 Å². The highest BCUT2D eigenvalue weighted by Crippen LogP contribution is 2.36. The van der Waals surface area contributed by atoms with Crippen LogP contribution in [-0.2, 0) is 11.3 Å². The van der Waals surface area contributed by atoms with Gasteiger partial charge in [0.15, 0.2) is 0 Å².